The van der Waals surface area contributed by atoms with Crippen LogP contribution in [-0.4, -0.2) is 135 Å². The van der Waals surface area contributed by atoms with Gasteiger partial charge in [0.15, 0.2) is 0 Å². The van der Waals surface area contributed by atoms with Gasteiger partial charge in [0.05, 0.1) is 28.2 Å². The van der Waals surface area contributed by atoms with E-state index in [0.29, 0.717) is 17.3 Å². The van der Waals surface area contributed by atoms with Crippen molar-refractivity contribution in [3.63, 3.8) is 0 Å². The van der Waals surface area contributed by atoms with Crippen molar-refractivity contribution in [2.45, 2.75) is 91.8 Å². The number of anilines is 2. The van der Waals surface area contributed by atoms with E-state index < -0.39 is 122 Å². The lowest BCUT2D eigenvalue weighted by atomic mass is 9.66. The van der Waals surface area contributed by atoms with Gasteiger partial charge in [-0.3, -0.25) is 37.1 Å². The first kappa shape index (κ1) is 54.7. The molecule has 0 saturated carbocycles. The predicted octanol–water partition coefficient (Wildman–Crippen LogP) is 3.56. The molecule has 0 unspecified atom stereocenters. The molecule has 0 spiro atoms. The van der Waals surface area contributed by atoms with Gasteiger partial charge in [0.25, 0.3) is 60.7 Å². The van der Waals surface area contributed by atoms with Crippen LogP contribution >= 0.6 is 0 Å². The summed E-state index contributed by atoms with van der Waals surface area (Å²) in [5, 5.41) is 9.49. The molecule has 29 heteroatoms. The number of benzene rings is 3. The van der Waals surface area contributed by atoms with Crippen LogP contribution in [0.3, 0.4) is 0 Å². The molecule has 3 aromatic carbocycles. The van der Waals surface area contributed by atoms with Crippen molar-refractivity contribution in [1.82, 2.24) is 0 Å². The van der Waals surface area contributed by atoms with Gasteiger partial charge in [-0.1, -0.05) is 32.1 Å². The zero-order valence-corrected chi connectivity index (χ0v) is 42.9. The Balaban J connectivity index is 1.74. The Kier molecular flexibility index (Phi) is 13.9. The summed E-state index contributed by atoms with van der Waals surface area (Å²) in [5.74, 6) is -3.08. The van der Waals surface area contributed by atoms with Crippen molar-refractivity contribution in [2.75, 3.05) is 34.4 Å². The molecule has 0 amide bonds. The van der Waals surface area contributed by atoms with Gasteiger partial charge < -0.3 is 14.9 Å². The van der Waals surface area contributed by atoms with Crippen molar-refractivity contribution >= 4 is 94.9 Å². The first-order valence-corrected chi connectivity index (χ1v) is 29.7. The van der Waals surface area contributed by atoms with Crippen LogP contribution in [0.25, 0.3) is 11.1 Å². The maximum atomic E-state index is 12.8. The molecule has 70 heavy (non-hydrogen) atoms. The minimum Gasteiger partial charge on any atom is -0.481 e. The Labute approximate surface area is 405 Å². The molecule has 6 rings (SSSR count). The van der Waals surface area contributed by atoms with E-state index >= 15 is 0 Å². The van der Waals surface area contributed by atoms with Crippen LogP contribution in [0.4, 0.5) is 11.4 Å². The molecule has 1 aliphatic carbocycles. The molecule has 384 valence electrons. The molecule has 2 aliphatic heterocycles. The van der Waals surface area contributed by atoms with Crippen LogP contribution in [0, 0.1) is 0 Å². The van der Waals surface area contributed by atoms with Crippen LogP contribution in [0.1, 0.15) is 93.3 Å². The molecule has 0 saturated heterocycles. The van der Waals surface area contributed by atoms with Crippen LogP contribution in [0.2, 0.25) is 0 Å². The summed E-state index contributed by atoms with van der Waals surface area (Å²) < 4.78 is 207. The quantitative estimate of drug-likeness (QED) is 0.101. The van der Waals surface area contributed by atoms with Crippen molar-refractivity contribution in [1.29, 1.82) is 0 Å². The standard InChI is InChI=1S/C41H49N3O20S6/c1-39(2)17-24(21-65(47,48)49)27-13-29-31(15-33(27)43(39)11-7-8-36(45)46)41(5,6)32-16-34-28(14-30(32)38(29)42-19-37(69(59,60)61)70(62,63)64)25(22-66(50,51)52)18-40(3,4)44(34)20-23-9-10-26(67(53,54)55)12-35(23)68(56,57)58/h9-10,12-18,37H,7-8,11,19-22H2,1-6H3,(H,45,46)(H,47,48,49)(H,50,51,52)(H,53,54,55)(H,56,57,58)(H,59,60,61)(H,62,63,64). The van der Waals surface area contributed by atoms with Crippen molar-refractivity contribution < 1.29 is 87.7 Å². The van der Waals surface area contributed by atoms with Crippen molar-refractivity contribution in [3.05, 3.63) is 93.6 Å². The van der Waals surface area contributed by atoms with Gasteiger partial charge in [-0.05, 0) is 98.4 Å². The van der Waals surface area contributed by atoms with E-state index in [1.807, 2.05) is 0 Å². The highest BCUT2D eigenvalue weighted by Gasteiger charge is 2.44. The number of aliphatic imine (C=N–C) groups is 1. The molecule has 7 N–H and O–H groups in total. The molecule has 0 fully saturated rings. The Bertz CT molecular complexity index is 3510. The van der Waals surface area contributed by atoms with Crippen molar-refractivity contribution in [2.24, 2.45) is 4.99 Å². The normalized spacial score (nSPS) is 18.4. The zero-order valence-electron chi connectivity index (χ0n) is 38.0. The Morgan fingerprint density at radius 3 is 1.49 bits per heavy atom. The maximum Gasteiger partial charge on any atom is 0.303 e. The molecule has 3 aliphatic rings. The van der Waals surface area contributed by atoms with Crippen LogP contribution < -0.4 is 9.80 Å². The second kappa shape index (κ2) is 17.8. The number of aliphatic carboxylic acids is 1. The van der Waals surface area contributed by atoms with Gasteiger partial charge in [0.1, 0.15) is 16.4 Å². The summed E-state index contributed by atoms with van der Waals surface area (Å²) in [7, 11) is -31.1. The van der Waals surface area contributed by atoms with Crippen LogP contribution in [0.15, 0.2) is 69.4 Å². The number of carbonyl (C=O) groups is 1. The fraction of sp³-hybridized carbons (Fsp3) is 0.415. The number of hydrogen-bond donors (Lipinski definition) is 7. The lowest BCUT2D eigenvalue weighted by Gasteiger charge is -2.47. The highest BCUT2D eigenvalue weighted by Crippen LogP contribution is 2.51. The molecule has 2 heterocycles. The minimum atomic E-state index is -5.61. The van der Waals surface area contributed by atoms with E-state index in [1.165, 1.54) is 35.3 Å². The molecule has 23 nitrogen and oxygen atoms in total. The third-order valence-electron chi connectivity index (χ3n) is 12.3. The molecular formula is C41H49N3O20S6. The predicted molar refractivity (Wildman–Crippen MR) is 256 cm³/mol. The van der Waals surface area contributed by atoms with Gasteiger partial charge in [0, 0.05) is 58.6 Å². The second-order valence-corrected chi connectivity index (χ2v) is 27.9. The van der Waals surface area contributed by atoms with E-state index in [2.05, 4.69) is 4.99 Å². The van der Waals surface area contributed by atoms with Gasteiger partial charge in [-0.25, -0.2) is 0 Å². The first-order chi connectivity index (χ1) is 31.5. The average molecular weight is 1100 g/mol. The second-order valence-electron chi connectivity index (χ2n) is 18.7. The third-order valence-corrected chi connectivity index (χ3v) is 18.5. The molecule has 3 aromatic rings. The summed E-state index contributed by atoms with van der Waals surface area (Å²) in [6.07, 6.45) is 2.75. The molecule has 0 bridgehead atoms. The number of hydrogen-bond acceptors (Lipinski definition) is 16. The topological polar surface area (TPSA) is 382 Å². The largest absolute Gasteiger partial charge is 0.481 e. The number of nitrogens with zero attached hydrogens (tertiary/aromatic N) is 3. The highest BCUT2D eigenvalue weighted by atomic mass is 32.3. The highest BCUT2D eigenvalue weighted by molar-refractivity contribution is 8.04. The fourth-order valence-electron chi connectivity index (χ4n) is 9.27. The van der Waals surface area contributed by atoms with E-state index in [9.17, 15) is 87.7 Å². The number of carboxylic acid groups (broad SMARTS) is 1. The van der Waals surface area contributed by atoms with Gasteiger partial charge >= 0.3 is 5.97 Å². The van der Waals surface area contributed by atoms with Crippen LogP contribution in [-0.2, 0) is 77.5 Å². The van der Waals surface area contributed by atoms with Gasteiger partial charge in [-0.2, -0.15) is 50.5 Å². The maximum absolute atomic E-state index is 12.8. The smallest absolute Gasteiger partial charge is 0.303 e. The van der Waals surface area contributed by atoms with Gasteiger partial charge in [0.2, 0.25) is 4.58 Å². The van der Waals surface area contributed by atoms with E-state index in [1.54, 1.807) is 52.5 Å². The number of carboxylic acids is 1. The van der Waals surface area contributed by atoms with E-state index in [-0.39, 0.29) is 75.3 Å². The minimum absolute atomic E-state index is 0.0111. The SMILES string of the molecule is CC1(C)c2cc3c(cc2C(=NCC(S(=O)(=O)O)S(=O)(=O)O)c2cc4c(cc21)N(Cc1ccc(S(=O)(=O)O)cc1S(=O)(=O)O)C(C)(C)C=C4CS(=O)(=O)O)C(CS(=O)(=O)O)=CC(C)(C)N3CCCC(=O)O. The number of fused-ring (bicyclic) bond motifs is 4. The molecular weight excluding hydrogens is 1050 g/mol. The fourth-order valence-corrected chi connectivity index (χ4v) is 13.6. The van der Waals surface area contributed by atoms with Crippen molar-refractivity contribution in [3.8, 4) is 0 Å². The summed E-state index contributed by atoms with van der Waals surface area (Å²) in [5.41, 5.74) is -2.96. The monoisotopic (exact) mass is 1100 g/mol. The molecule has 0 atom stereocenters. The summed E-state index contributed by atoms with van der Waals surface area (Å²) in [4.78, 5) is 17.5. The lowest BCUT2D eigenvalue weighted by molar-refractivity contribution is -0.137. The summed E-state index contributed by atoms with van der Waals surface area (Å²) in [6.45, 7) is 8.19. The first-order valence-electron chi connectivity index (χ1n) is 20.6. The van der Waals surface area contributed by atoms with E-state index in [0.717, 1.165) is 12.1 Å². The summed E-state index contributed by atoms with van der Waals surface area (Å²) in [6, 6.07) is 8.34. The van der Waals surface area contributed by atoms with Crippen LogP contribution in [0.5, 0.6) is 0 Å². The Hall–Kier alpha value is -4.66. The lowest BCUT2D eigenvalue weighted by Crippen LogP contribution is -2.47. The number of rotatable bonds is 16. The summed E-state index contributed by atoms with van der Waals surface area (Å²) >= 11 is 0. The Morgan fingerprint density at radius 1 is 0.614 bits per heavy atom. The average Bonchev–Trinajstić information content (AvgIpc) is 3.14. The zero-order chi connectivity index (χ0) is 52.9. The molecule has 0 radical (unpaired) electrons. The van der Waals surface area contributed by atoms with E-state index in [4.69, 9.17) is 0 Å². The third kappa shape index (κ3) is 11.3. The Morgan fingerprint density at radius 2 is 1.07 bits per heavy atom. The molecule has 0 aromatic heterocycles. The van der Waals surface area contributed by atoms with Gasteiger partial charge in [-0.15, -0.1) is 0 Å².